The summed E-state index contributed by atoms with van der Waals surface area (Å²) in [6.07, 6.45) is 0. The average molecular weight is 276 g/mol. The fourth-order valence-corrected chi connectivity index (χ4v) is 2.89. The lowest BCUT2D eigenvalue weighted by Gasteiger charge is -2.30. The standard InChI is InChI=1S/C8H12N4O3S2/c9-17(14,15)12-2-1-10-6(3-12)8(13)7-4-16-5-11-7/h4-6,10H,1-3H2,(H2,9,14,15). The van der Waals surface area contributed by atoms with E-state index in [-0.39, 0.29) is 18.9 Å². The molecule has 0 saturated carbocycles. The molecule has 0 spiro atoms. The van der Waals surface area contributed by atoms with E-state index in [4.69, 9.17) is 5.14 Å². The molecule has 1 aliphatic heterocycles. The Morgan fingerprint density at radius 2 is 2.41 bits per heavy atom. The van der Waals surface area contributed by atoms with Crippen molar-refractivity contribution in [2.24, 2.45) is 5.14 Å². The van der Waals surface area contributed by atoms with Crippen LogP contribution in [0.2, 0.25) is 0 Å². The Labute approximate surface area is 103 Å². The molecule has 94 valence electrons. The second-order valence-corrected chi connectivity index (χ2v) is 5.91. The summed E-state index contributed by atoms with van der Waals surface area (Å²) >= 11 is 1.32. The van der Waals surface area contributed by atoms with Crippen molar-refractivity contribution in [2.75, 3.05) is 19.6 Å². The van der Waals surface area contributed by atoms with Gasteiger partial charge in [0.15, 0.2) is 5.78 Å². The van der Waals surface area contributed by atoms with E-state index in [1.165, 1.54) is 11.3 Å². The number of piperazine rings is 1. The van der Waals surface area contributed by atoms with Gasteiger partial charge >= 0.3 is 0 Å². The molecule has 7 nitrogen and oxygen atoms in total. The molecule has 1 unspecified atom stereocenters. The van der Waals surface area contributed by atoms with E-state index in [0.717, 1.165) is 4.31 Å². The molecule has 1 aromatic rings. The van der Waals surface area contributed by atoms with Crippen LogP contribution in [0.4, 0.5) is 0 Å². The number of carbonyl (C=O) groups is 1. The highest BCUT2D eigenvalue weighted by Crippen LogP contribution is 2.09. The highest BCUT2D eigenvalue weighted by Gasteiger charge is 2.31. The van der Waals surface area contributed by atoms with Gasteiger partial charge in [-0.25, -0.2) is 10.1 Å². The van der Waals surface area contributed by atoms with E-state index >= 15 is 0 Å². The number of hydrogen-bond donors (Lipinski definition) is 2. The van der Waals surface area contributed by atoms with Gasteiger partial charge in [-0.1, -0.05) is 0 Å². The zero-order chi connectivity index (χ0) is 12.5. The first-order valence-corrected chi connectivity index (χ1v) is 7.37. The van der Waals surface area contributed by atoms with Gasteiger partial charge in [-0.15, -0.1) is 11.3 Å². The van der Waals surface area contributed by atoms with Crippen LogP contribution in [-0.2, 0) is 10.2 Å². The molecule has 1 saturated heterocycles. The first-order chi connectivity index (χ1) is 7.98. The zero-order valence-corrected chi connectivity index (χ0v) is 10.5. The van der Waals surface area contributed by atoms with Crippen molar-refractivity contribution in [1.29, 1.82) is 0 Å². The average Bonchev–Trinajstić information content (AvgIpc) is 2.80. The summed E-state index contributed by atoms with van der Waals surface area (Å²) in [7, 11) is -3.74. The second-order valence-electron chi connectivity index (χ2n) is 3.65. The maximum absolute atomic E-state index is 12.0. The van der Waals surface area contributed by atoms with E-state index in [1.54, 1.807) is 10.9 Å². The van der Waals surface area contributed by atoms with E-state index in [0.29, 0.717) is 12.2 Å². The molecule has 1 aromatic heterocycles. The number of nitrogens with zero attached hydrogens (tertiary/aromatic N) is 2. The second kappa shape index (κ2) is 4.78. The first kappa shape index (κ1) is 12.6. The predicted octanol–water partition coefficient (Wildman–Crippen LogP) is -1.20. The molecule has 2 heterocycles. The summed E-state index contributed by atoms with van der Waals surface area (Å²) < 4.78 is 23.5. The van der Waals surface area contributed by atoms with Gasteiger partial charge in [0.25, 0.3) is 10.2 Å². The number of ketones is 1. The lowest BCUT2D eigenvalue weighted by molar-refractivity contribution is 0.0910. The molecule has 3 N–H and O–H groups in total. The molecule has 1 fully saturated rings. The number of thiazole rings is 1. The van der Waals surface area contributed by atoms with Crippen LogP contribution < -0.4 is 10.5 Å². The summed E-state index contributed by atoms with van der Waals surface area (Å²) in [5, 5.41) is 9.64. The lowest BCUT2D eigenvalue weighted by atomic mass is 10.1. The smallest absolute Gasteiger partial charge is 0.277 e. The molecule has 17 heavy (non-hydrogen) atoms. The molecule has 0 amide bonds. The summed E-state index contributed by atoms with van der Waals surface area (Å²) in [6.45, 7) is 0.728. The summed E-state index contributed by atoms with van der Waals surface area (Å²) in [6, 6.07) is -0.579. The van der Waals surface area contributed by atoms with Crippen molar-refractivity contribution < 1.29 is 13.2 Å². The van der Waals surface area contributed by atoms with Gasteiger partial charge in [-0.3, -0.25) is 4.79 Å². The third kappa shape index (κ3) is 2.87. The fraction of sp³-hybridized carbons (Fsp3) is 0.500. The number of nitrogens with two attached hydrogens (primary N) is 1. The molecular formula is C8H12N4O3S2. The summed E-state index contributed by atoms with van der Waals surface area (Å²) in [5.74, 6) is -0.209. The zero-order valence-electron chi connectivity index (χ0n) is 8.87. The van der Waals surface area contributed by atoms with Crippen LogP contribution in [0, 0.1) is 0 Å². The van der Waals surface area contributed by atoms with Gasteiger partial charge < -0.3 is 5.32 Å². The van der Waals surface area contributed by atoms with E-state index < -0.39 is 16.3 Å². The minimum atomic E-state index is -3.74. The molecule has 1 aliphatic rings. The van der Waals surface area contributed by atoms with Gasteiger partial charge in [-0.2, -0.15) is 12.7 Å². The molecule has 1 atom stereocenters. The molecule has 0 aromatic carbocycles. The SMILES string of the molecule is NS(=O)(=O)N1CCNC(C(=O)c2cscn2)C1. The maximum Gasteiger partial charge on any atom is 0.277 e. The Bertz CT molecular complexity index is 499. The van der Waals surface area contributed by atoms with Crippen LogP contribution in [0.15, 0.2) is 10.9 Å². The van der Waals surface area contributed by atoms with Crippen molar-refractivity contribution in [3.8, 4) is 0 Å². The van der Waals surface area contributed by atoms with Crippen molar-refractivity contribution >= 4 is 27.3 Å². The Hall–Kier alpha value is -0.870. The third-order valence-corrected chi connectivity index (χ3v) is 4.14. The predicted molar refractivity (Wildman–Crippen MR) is 62.9 cm³/mol. The molecule has 0 radical (unpaired) electrons. The Kier molecular flexibility index (Phi) is 3.54. The first-order valence-electron chi connectivity index (χ1n) is 4.92. The monoisotopic (exact) mass is 276 g/mol. The quantitative estimate of drug-likeness (QED) is 0.675. The van der Waals surface area contributed by atoms with Gasteiger partial charge in [0.05, 0.1) is 11.6 Å². The third-order valence-electron chi connectivity index (χ3n) is 2.50. The topological polar surface area (TPSA) is 105 Å². The molecule has 2 rings (SSSR count). The van der Waals surface area contributed by atoms with Gasteiger partial charge in [0.1, 0.15) is 5.69 Å². The molecule has 0 aliphatic carbocycles. The number of nitrogens with one attached hydrogen (secondary N) is 1. The highest BCUT2D eigenvalue weighted by molar-refractivity contribution is 7.86. The number of hydrogen-bond acceptors (Lipinski definition) is 6. The van der Waals surface area contributed by atoms with Gasteiger partial charge in [-0.05, 0) is 0 Å². The maximum atomic E-state index is 12.0. The number of rotatable bonds is 3. The van der Waals surface area contributed by atoms with Crippen LogP contribution in [-0.4, -0.2) is 49.2 Å². The number of aromatic nitrogens is 1. The fourth-order valence-electron chi connectivity index (χ4n) is 1.64. The van der Waals surface area contributed by atoms with Gasteiger partial charge in [0.2, 0.25) is 0 Å². The van der Waals surface area contributed by atoms with Crippen molar-refractivity contribution in [3.63, 3.8) is 0 Å². The molecule has 0 bridgehead atoms. The summed E-state index contributed by atoms with van der Waals surface area (Å²) in [4.78, 5) is 15.9. The Morgan fingerprint density at radius 1 is 1.65 bits per heavy atom. The van der Waals surface area contributed by atoms with Crippen LogP contribution >= 0.6 is 11.3 Å². The normalized spacial score (nSPS) is 22.5. The van der Waals surface area contributed by atoms with Crippen molar-refractivity contribution in [2.45, 2.75) is 6.04 Å². The lowest BCUT2D eigenvalue weighted by Crippen LogP contribution is -2.57. The number of Topliss-reactive ketones (excluding diaryl/α,β-unsaturated/α-hetero) is 1. The van der Waals surface area contributed by atoms with Crippen LogP contribution in [0.25, 0.3) is 0 Å². The van der Waals surface area contributed by atoms with Crippen molar-refractivity contribution in [1.82, 2.24) is 14.6 Å². The Balaban J connectivity index is 2.10. The van der Waals surface area contributed by atoms with Crippen LogP contribution in [0.1, 0.15) is 10.5 Å². The minimum absolute atomic E-state index is 0.0508. The molecular weight excluding hydrogens is 264 g/mol. The number of carbonyl (C=O) groups excluding carboxylic acids is 1. The largest absolute Gasteiger partial charge is 0.305 e. The van der Waals surface area contributed by atoms with Gasteiger partial charge in [0, 0.05) is 25.0 Å². The summed E-state index contributed by atoms with van der Waals surface area (Å²) in [5.41, 5.74) is 1.91. The highest BCUT2D eigenvalue weighted by atomic mass is 32.2. The van der Waals surface area contributed by atoms with E-state index in [9.17, 15) is 13.2 Å². The van der Waals surface area contributed by atoms with E-state index in [2.05, 4.69) is 10.3 Å². The van der Waals surface area contributed by atoms with E-state index in [1.807, 2.05) is 0 Å². The van der Waals surface area contributed by atoms with Crippen LogP contribution in [0.5, 0.6) is 0 Å². The molecule has 9 heteroatoms. The van der Waals surface area contributed by atoms with Crippen LogP contribution in [0.3, 0.4) is 0 Å². The van der Waals surface area contributed by atoms with Crippen molar-refractivity contribution in [3.05, 3.63) is 16.6 Å². The Morgan fingerprint density at radius 3 is 3.00 bits per heavy atom. The minimum Gasteiger partial charge on any atom is -0.305 e.